The van der Waals surface area contributed by atoms with Crippen LogP contribution in [0.25, 0.3) is 11.3 Å². The molecule has 210 valence electrons. The first-order valence-corrected chi connectivity index (χ1v) is 13.8. The minimum Gasteiger partial charge on any atom is -0.457 e. The van der Waals surface area contributed by atoms with Crippen LogP contribution in [0.3, 0.4) is 0 Å². The summed E-state index contributed by atoms with van der Waals surface area (Å²) in [5.41, 5.74) is 2.42. The second-order valence-corrected chi connectivity index (χ2v) is 10.1. The zero-order valence-corrected chi connectivity index (χ0v) is 23.0. The first-order chi connectivity index (χ1) is 19.4. The maximum absolute atomic E-state index is 13.3. The number of carbonyl (C=O) groups excluding carboxylic acids is 4. The van der Waals surface area contributed by atoms with Gasteiger partial charge in [0.05, 0.1) is 11.6 Å². The smallest absolute Gasteiger partial charge is 0.311 e. The Morgan fingerprint density at radius 1 is 1.02 bits per heavy atom. The Morgan fingerprint density at radius 3 is 2.42 bits per heavy atom. The Morgan fingerprint density at radius 2 is 1.73 bits per heavy atom. The predicted octanol–water partition coefficient (Wildman–Crippen LogP) is 4.09. The third-order valence-electron chi connectivity index (χ3n) is 7.24. The number of nitrogens with zero attached hydrogens (tertiary/aromatic N) is 2. The molecule has 1 aliphatic rings. The SMILES string of the molecule is CCCC[C@H](NC(=O)c1cc(-c2ccccc2)n(C)n1)C(=O)N[C@H]1CCC[C@H]1C(=O)OCC(=O)c1ccccc1. The highest BCUT2D eigenvalue weighted by molar-refractivity contribution is 5.98. The molecule has 0 aliphatic heterocycles. The number of aromatic nitrogens is 2. The van der Waals surface area contributed by atoms with Crippen LogP contribution in [0.1, 0.15) is 66.3 Å². The molecule has 0 spiro atoms. The molecule has 0 unspecified atom stereocenters. The van der Waals surface area contributed by atoms with Crippen LogP contribution in [-0.2, 0) is 21.4 Å². The van der Waals surface area contributed by atoms with Gasteiger partial charge in [0.25, 0.3) is 5.91 Å². The van der Waals surface area contributed by atoms with Crippen molar-refractivity contribution in [2.45, 2.75) is 57.5 Å². The summed E-state index contributed by atoms with van der Waals surface area (Å²) in [6.45, 7) is 1.67. The van der Waals surface area contributed by atoms with E-state index in [0.717, 1.165) is 30.5 Å². The fourth-order valence-electron chi connectivity index (χ4n) is 5.02. The lowest BCUT2D eigenvalue weighted by Gasteiger charge is -2.24. The van der Waals surface area contributed by atoms with Crippen molar-refractivity contribution in [3.8, 4) is 11.3 Å². The average Bonchev–Trinajstić information content (AvgIpc) is 3.61. The number of nitrogens with one attached hydrogen (secondary N) is 2. The van der Waals surface area contributed by atoms with Crippen LogP contribution in [0.4, 0.5) is 0 Å². The van der Waals surface area contributed by atoms with Crippen molar-refractivity contribution < 1.29 is 23.9 Å². The summed E-state index contributed by atoms with van der Waals surface area (Å²) in [5, 5.41) is 10.2. The van der Waals surface area contributed by atoms with Gasteiger partial charge < -0.3 is 15.4 Å². The molecule has 3 atom stereocenters. The molecule has 2 amide bonds. The lowest BCUT2D eigenvalue weighted by molar-refractivity contribution is -0.148. The Labute approximate surface area is 234 Å². The number of benzene rings is 2. The van der Waals surface area contributed by atoms with E-state index in [1.54, 1.807) is 42.1 Å². The first kappa shape index (κ1) is 28.7. The molecule has 9 nitrogen and oxygen atoms in total. The van der Waals surface area contributed by atoms with Crippen LogP contribution in [-0.4, -0.2) is 52.0 Å². The molecule has 40 heavy (non-hydrogen) atoms. The number of esters is 1. The van der Waals surface area contributed by atoms with Crippen LogP contribution < -0.4 is 10.6 Å². The highest BCUT2D eigenvalue weighted by Crippen LogP contribution is 2.27. The maximum Gasteiger partial charge on any atom is 0.311 e. The number of amides is 2. The summed E-state index contributed by atoms with van der Waals surface area (Å²) in [4.78, 5) is 51.6. The van der Waals surface area contributed by atoms with E-state index in [0.29, 0.717) is 24.8 Å². The summed E-state index contributed by atoms with van der Waals surface area (Å²) in [7, 11) is 1.77. The summed E-state index contributed by atoms with van der Waals surface area (Å²) in [6.07, 6.45) is 3.99. The minimum absolute atomic E-state index is 0.223. The van der Waals surface area contributed by atoms with Gasteiger partial charge in [-0.15, -0.1) is 0 Å². The molecule has 1 aliphatic carbocycles. The Kier molecular flexibility index (Phi) is 9.83. The van der Waals surface area contributed by atoms with E-state index in [-0.39, 0.29) is 24.0 Å². The van der Waals surface area contributed by atoms with Crippen molar-refractivity contribution in [1.29, 1.82) is 0 Å². The zero-order valence-electron chi connectivity index (χ0n) is 23.0. The molecule has 2 N–H and O–H groups in total. The number of hydrogen-bond donors (Lipinski definition) is 2. The number of unbranched alkanes of at least 4 members (excludes halogenated alkanes) is 1. The molecule has 0 saturated heterocycles. The zero-order chi connectivity index (χ0) is 28.5. The van der Waals surface area contributed by atoms with E-state index >= 15 is 0 Å². The van der Waals surface area contributed by atoms with Gasteiger partial charge in [0.1, 0.15) is 6.04 Å². The van der Waals surface area contributed by atoms with Crippen molar-refractivity contribution in [3.63, 3.8) is 0 Å². The van der Waals surface area contributed by atoms with E-state index in [9.17, 15) is 19.2 Å². The fraction of sp³-hybridized carbons (Fsp3) is 0.387. The summed E-state index contributed by atoms with van der Waals surface area (Å²) < 4.78 is 6.97. The van der Waals surface area contributed by atoms with Gasteiger partial charge >= 0.3 is 5.97 Å². The second-order valence-electron chi connectivity index (χ2n) is 10.1. The molecule has 0 bridgehead atoms. The summed E-state index contributed by atoms with van der Waals surface area (Å²) in [6, 6.07) is 18.8. The minimum atomic E-state index is -0.772. The lowest BCUT2D eigenvalue weighted by atomic mass is 10.0. The molecule has 0 radical (unpaired) electrons. The monoisotopic (exact) mass is 544 g/mol. The topological polar surface area (TPSA) is 119 Å². The van der Waals surface area contributed by atoms with Crippen molar-refractivity contribution in [1.82, 2.24) is 20.4 Å². The van der Waals surface area contributed by atoms with Gasteiger partial charge in [-0.05, 0) is 30.9 Å². The van der Waals surface area contributed by atoms with Gasteiger partial charge in [-0.1, -0.05) is 86.8 Å². The third-order valence-corrected chi connectivity index (χ3v) is 7.24. The van der Waals surface area contributed by atoms with Crippen molar-refractivity contribution in [2.24, 2.45) is 13.0 Å². The highest BCUT2D eigenvalue weighted by Gasteiger charge is 2.37. The number of ether oxygens (including phenoxy) is 1. The number of hydrogen-bond acceptors (Lipinski definition) is 6. The van der Waals surface area contributed by atoms with Crippen molar-refractivity contribution >= 4 is 23.6 Å². The molecule has 9 heteroatoms. The maximum atomic E-state index is 13.3. The van der Waals surface area contributed by atoms with Crippen LogP contribution in [0.2, 0.25) is 0 Å². The Bertz CT molecular complexity index is 1320. The van der Waals surface area contributed by atoms with E-state index in [4.69, 9.17) is 4.74 Å². The molecule has 1 aromatic heterocycles. The number of Topliss-reactive ketones (excluding diaryl/α,β-unsaturated/α-hetero) is 1. The fourth-order valence-corrected chi connectivity index (χ4v) is 5.02. The van der Waals surface area contributed by atoms with Gasteiger partial charge in [0, 0.05) is 18.7 Å². The molecular weight excluding hydrogens is 508 g/mol. The number of aryl methyl sites for hydroxylation is 1. The van der Waals surface area contributed by atoms with Crippen LogP contribution in [0, 0.1) is 5.92 Å². The van der Waals surface area contributed by atoms with Crippen molar-refractivity contribution in [3.05, 3.63) is 78.0 Å². The largest absolute Gasteiger partial charge is 0.457 e. The van der Waals surface area contributed by atoms with E-state index in [1.807, 2.05) is 43.3 Å². The number of ketones is 1. The van der Waals surface area contributed by atoms with Crippen molar-refractivity contribution in [2.75, 3.05) is 6.61 Å². The molecular formula is C31H36N4O5. The van der Waals surface area contributed by atoms with E-state index in [1.165, 1.54) is 0 Å². The summed E-state index contributed by atoms with van der Waals surface area (Å²) in [5.74, 6) is -2.09. The van der Waals surface area contributed by atoms with Crippen LogP contribution in [0.15, 0.2) is 66.7 Å². The van der Waals surface area contributed by atoms with Gasteiger partial charge in [-0.2, -0.15) is 5.10 Å². The molecule has 1 heterocycles. The molecule has 1 fully saturated rings. The standard InChI is InChI=1S/C31H36N4O5/c1-3-4-17-25(33-30(38)26-19-27(35(2)34-26)21-12-7-5-8-13-21)29(37)32-24-18-11-16-23(24)31(39)40-20-28(36)22-14-9-6-10-15-22/h5-10,12-15,19,23-25H,3-4,11,16-18,20H2,1-2H3,(H,32,37)(H,33,38)/t23-,24+,25+/m1/s1. The lowest BCUT2D eigenvalue weighted by Crippen LogP contribution is -2.51. The summed E-state index contributed by atoms with van der Waals surface area (Å²) >= 11 is 0. The molecule has 1 saturated carbocycles. The quantitative estimate of drug-likeness (QED) is 0.262. The Hall–Kier alpha value is -4.27. The first-order valence-electron chi connectivity index (χ1n) is 13.8. The normalized spacial score (nSPS) is 17.1. The van der Waals surface area contributed by atoms with Gasteiger partial charge in [0.2, 0.25) is 5.91 Å². The second kappa shape index (κ2) is 13.7. The van der Waals surface area contributed by atoms with E-state index in [2.05, 4.69) is 15.7 Å². The third kappa shape index (κ3) is 7.22. The molecule has 4 rings (SSSR count). The predicted molar refractivity (Wildman–Crippen MR) is 150 cm³/mol. The van der Waals surface area contributed by atoms with Gasteiger partial charge in [0.15, 0.2) is 18.1 Å². The molecule has 3 aromatic rings. The van der Waals surface area contributed by atoms with Gasteiger partial charge in [-0.3, -0.25) is 23.9 Å². The van der Waals surface area contributed by atoms with Crippen LogP contribution in [0.5, 0.6) is 0 Å². The van der Waals surface area contributed by atoms with Gasteiger partial charge in [-0.25, -0.2) is 0 Å². The average molecular weight is 545 g/mol. The highest BCUT2D eigenvalue weighted by atomic mass is 16.5. The van der Waals surface area contributed by atoms with Crippen LogP contribution >= 0.6 is 0 Å². The Balaban J connectivity index is 1.37. The number of carbonyl (C=O) groups is 4. The van der Waals surface area contributed by atoms with E-state index < -0.39 is 29.9 Å². The molecule has 2 aromatic carbocycles. The number of rotatable bonds is 12.